The molecular formula is C44H52ClN7O8. The number of unbranched alkanes of at least 4 members (excludes halogenated alkanes) is 1. The van der Waals surface area contributed by atoms with Gasteiger partial charge in [-0.1, -0.05) is 54.1 Å². The third kappa shape index (κ3) is 11.2. The van der Waals surface area contributed by atoms with Gasteiger partial charge in [-0.05, 0) is 91.9 Å². The Bertz CT molecular complexity index is 2170. The molecule has 4 atom stereocenters. The fourth-order valence-corrected chi connectivity index (χ4v) is 7.18. The molecule has 0 aliphatic carbocycles. The molecule has 0 saturated carbocycles. The quantitative estimate of drug-likeness (QED) is 0.0807. The van der Waals surface area contributed by atoms with Crippen molar-refractivity contribution in [2.45, 2.75) is 56.8 Å². The standard InChI is InChI=1S/C44H52ClN7O8/c1-26-40(53)51-36(44(57)58)24-27-10-16-37(59-21-19-47)32(23-27)33-25-30(15-17-38(33)60-22-20-48)39(42(55)49-26)52(2)43(56)35(9-5-6-18-46)50-41(54)29-13-11-28(12-14-29)31-7-3-4-8-34(31)45/h3-4,7-8,10-17,23,25-26,35-36,39H,5-6,9,18-22,24,46-48H2,1-2H3,(H,49,55)(H,50,54)(H,51,53)(H,57,58). The van der Waals surface area contributed by atoms with Crippen LogP contribution >= 0.6 is 11.6 Å². The minimum Gasteiger partial charge on any atom is -0.492 e. The number of hydrogen-bond donors (Lipinski definition) is 7. The van der Waals surface area contributed by atoms with E-state index in [1.807, 2.05) is 18.2 Å². The zero-order valence-corrected chi connectivity index (χ0v) is 34.4. The van der Waals surface area contributed by atoms with Gasteiger partial charge in [0.15, 0.2) is 0 Å². The fourth-order valence-electron chi connectivity index (χ4n) is 6.93. The molecule has 1 heterocycles. The summed E-state index contributed by atoms with van der Waals surface area (Å²) in [5.41, 5.74) is 21.1. The van der Waals surface area contributed by atoms with Crippen LogP contribution in [0.25, 0.3) is 22.3 Å². The molecule has 4 aromatic rings. The second-order valence-electron chi connectivity index (χ2n) is 14.4. The maximum absolute atomic E-state index is 14.7. The predicted octanol–water partition coefficient (Wildman–Crippen LogP) is 3.41. The van der Waals surface area contributed by atoms with Crippen molar-refractivity contribution in [1.82, 2.24) is 20.9 Å². The Morgan fingerprint density at radius 3 is 2.12 bits per heavy atom. The minimum atomic E-state index is -1.37. The maximum atomic E-state index is 14.7. The van der Waals surface area contributed by atoms with Crippen LogP contribution in [-0.2, 0) is 25.6 Å². The van der Waals surface area contributed by atoms with E-state index in [0.29, 0.717) is 63.7 Å². The van der Waals surface area contributed by atoms with E-state index in [4.69, 9.17) is 38.3 Å². The Kier molecular flexibility index (Phi) is 16.0. The molecule has 10 N–H and O–H groups in total. The van der Waals surface area contributed by atoms with E-state index in [0.717, 1.165) is 11.1 Å². The molecule has 60 heavy (non-hydrogen) atoms. The summed E-state index contributed by atoms with van der Waals surface area (Å²) in [5.74, 6) is -3.10. The smallest absolute Gasteiger partial charge is 0.326 e. The third-order valence-corrected chi connectivity index (χ3v) is 10.4. The molecular weight excluding hydrogens is 790 g/mol. The molecule has 4 bridgehead atoms. The Balaban J connectivity index is 1.58. The van der Waals surface area contributed by atoms with Crippen molar-refractivity contribution in [3.05, 3.63) is 107 Å². The highest BCUT2D eigenvalue weighted by Crippen LogP contribution is 2.40. The summed E-state index contributed by atoms with van der Waals surface area (Å²) in [6, 6.07) is 19.2. The number of carbonyl (C=O) groups excluding carboxylic acids is 4. The first-order valence-electron chi connectivity index (χ1n) is 19.8. The number of fused-ring (bicyclic) bond motifs is 5. The number of amides is 4. The first kappa shape index (κ1) is 45.1. The molecule has 1 aliphatic heterocycles. The molecule has 0 fully saturated rings. The molecule has 16 heteroatoms. The first-order chi connectivity index (χ1) is 28.9. The van der Waals surface area contributed by atoms with Gasteiger partial charge < -0.3 is 52.6 Å². The first-order valence-corrected chi connectivity index (χ1v) is 20.1. The van der Waals surface area contributed by atoms with E-state index in [-0.39, 0.29) is 39.1 Å². The van der Waals surface area contributed by atoms with Gasteiger partial charge in [0, 0.05) is 53.8 Å². The summed E-state index contributed by atoms with van der Waals surface area (Å²) >= 11 is 6.40. The number of nitrogens with zero attached hydrogens (tertiary/aromatic N) is 1. The minimum absolute atomic E-state index is 0.0900. The highest BCUT2D eigenvalue weighted by molar-refractivity contribution is 6.33. The Morgan fingerprint density at radius 2 is 1.48 bits per heavy atom. The average Bonchev–Trinajstić information content (AvgIpc) is 3.24. The lowest BCUT2D eigenvalue weighted by molar-refractivity contribution is -0.143. The number of carbonyl (C=O) groups is 5. The SMILES string of the molecule is CC1NC(=O)C(N(C)C(=O)C(CCCCN)NC(=O)c2ccc(-c3ccccc3Cl)cc2)c2ccc(OCCN)c(c2)-c2cc(ccc2OCCN)CC(C(=O)O)NC1=O. The summed E-state index contributed by atoms with van der Waals surface area (Å²) in [4.78, 5) is 69.9. The van der Waals surface area contributed by atoms with Gasteiger partial charge in [-0.3, -0.25) is 19.2 Å². The number of likely N-dealkylation sites (N-methyl/N-ethyl adjacent to an activating group) is 1. The van der Waals surface area contributed by atoms with Gasteiger partial charge in [0.25, 0.3) is 5.91 Å². The van der Waals surface area contributed by atoms with Crippen LogP contribution in [0.15, 0.2) is 84.9 Å². The average molecular weight is 842 g/mol. The highest BCUT2D eigenvalue weighted by atomic mass is 35.5. The summed E-state index contributed by atoms with van der Waals surface area (Å²) in [7, 11) is 1.44. The van der Waals surface area contributed by atoms with Crippen molar-refractivity contribution in [3.8, 4) is 33.8 Å². The number of nitrogens with one attached hydrogen (secondary N) is 3. The summed E-state index contributed by atoms with van der Waals surface area (Å²) < 4.78 is 12.1. The van der Waals surface area contributed by atoms with Crippen molar-refractivity contribution in [2.24, 2.45) is 17.2 Å². The van der Waals surface area contributed by atoms with Crippen molar-refractivity contribution in [1.29, 1.82) is 0 Å². The monoisotopic (exact) mass is 841 g/mol. The normalized spacial score (nSPS) is 17.0. The van der Waals surface area contributed by atoms with Crippen LogP contribution in [0.4, 0.5) is 0 Å². The van der Waals surface area contributed by atoms with Gasteiger partial charge in [0.05, 0.1) is 0 Å². The lowest BCUT2D eigenvalue weighted by Crippen LogP contribution is -2.54. The van der Waals surface area contributed by atoms with Gasteiger partial charge >= 0.3 is 5.97 Å². The number of carboxylic acid groups (broad SMARTS) is 1. The topological polar surface area (TPSA) is 241 Å². The lowest BCUT2D eigenvalue weighted by Gasteiger charge is -2.32. The lowest BCUT2D eigenvalue weighted by atomic mass is 9.93. The van der Waals surface area contributed by atoms with E-state index < -0.39 is 53.8 Å². The summed E-state index contributed by atoms with van der Waals surface area (Å²) in [6.07, 6.45) is 1.18. The van der Waals surface area contributed by atoms with Crippen LogP contribution in [-0.4, -0.2) is 97.6 Å². The zero-order chi connectivity index (χ0) is 43.3. The van der Waals surface area contributed by atoms with Crippen LogP contribution < -0.4 is 42.6 Å². The van der Waals surface area contributed by atoms with Crippen LogP contribution in [0.5, 0.6) is 11.5 Å². The van der Waals surface area contributed by atoms with Gasteiger partial charge in [-0.25, -0.2) is 4.79 Å². The largest absolute Gasteiger partial charge is 0.492 e. The van der Waals surface area contributed by atoms with Crippen molar-refractivity contribution in [2.75, 3.05) is 39.9 Å². The molecule has 0 aromatic heterocycles. The van der Waals surface area contributed by atoms with Crippen LogP contribution in [0, 0.1) is 0 Å². The second kappa shape index (κ2) is 21.3. The molecule has 0 spiro atoms. The van der Waals surface area contributed by atoms with Crippen LogP contribution in [0.3, 0.4) is 0 Å². The van der Waals surface area contributed by atoms with E-state index in [1.165, 1.54) is 18.9 Å². The summed E-state index contributed by atoms with van der Waals surface area (Å²) in [6.45, 7) is 2.48. The number of carboxylic acids is 1. The van der Waals surface area contributed by atoms with Crippen molar-refractivity contribution in [3.63, 3.8) is 0 Å². The zero-order valence-electron chi connectivity index (χ0n) is 33.6. The Hall–Kier alpha value is -6.00. The molecule has 4 aromatic carbocycles. The number of benzene rings is 4. The fraction of sp³-hybridized carbons (Fsp3) is 0.341. The molecule has 4 unspecified atom stereocenters. The molecule has 4 amide bonds. The molecule has 15 nitrogen and oxygen atoms in total. The van der Waals surface area contributed by atoms with Crippen molar-refractivity contribution < 1.29 is 38.6 Å². The molecule has 318 valence electrons. The van der Waals surface area contributed by atoms with Gasteiger partial charge in [0.1, 0.15) is 48.9 Å². The maximum Gasteiger partial charge on any atom is 0.326 e. The predicted molar refractivity (Wildman–Crippen MR) is 228 cm³/mol. The number of rotatable bonds is 16. The van der Waals surface area contributed by atoms with E-state index in [1.54, 1.807) is 66.7 Å². The second-order valence-corrected chi connectivity index (χ2v) is 14.8. The number of ether oxygens (including phenoxy) is 2. The molecule has 1 aliphatic rings. The van der Waals surface area contributed by atoms with Gasteiger partial charge in [-0.15, -0.1) is 0 Å². The number of halogens is 1. The Morgan fingerprint density at radius 1 is 0.833 bits per heavy atom. The molecule has 0 radical (unpaired) electrons. The molecule has 5 rings (SSSR count). The highest BCUT2D eigenvalue weighted by Gasteiger charge is 2.36. The molecule has 0 saturated heterocycles. The van der Waals surface area contributed by atoms with Crippen LogP contribution in [0.2, 0.25) is 5.02 Å². The van der Waals surface area contributed by atoms with E-state index in [2.05, 4.69) is 16.0 Å². The summed E-state index contributed by atoms with van der Waals surface area (Å²) in [5, 5.41) is 18.7. The van der Waals surface area contributed by atoms with E-state index >= 15 is 0 Å². The number of hydrogen-bond acceptors (Lipinski definition) is 10. The van der Waals surface area contributed by atoms with Crippen LogP contribution in [0.1, 0.15) is 53.7 Å². The van der Waals surface area contributed by atoms with Gasteiger partial charge in [-0.2, -0.15) is 0 Å². The van der Waals surface area contributed by atoms with E-state index in [9.17, 15) is 29.1 Å². The number of nitrogens with two attached hydrogens (primary N) is 3. The number of aliphatic carboxylic acids is 1. The third-order valence-electron chi connectivity index (χ3n) is 10.1. The van der Waals surface area contributed by atoms with Gasteiger partial charge in [0.2, 0.25) is 17.7 Å². The van der Waals surface area contributed by atoms with Crippen molar-refractivity contribution >= 4 is 41.2 Å². The Labute approximate surface area is 353 Å².